The van der Waals surface area contributed by atoms with Crippen molar-refractivity contribution >= 4 is 17.7 Å². The molecule has 0 spiro atoms. The van der Waals surface area contributed by atoms with E-state index in [1.165, 1.54) is 11.3 Å². The Morgan fingerprint density at radius 2 is 2.45 bits per heavy atom. The van der Waals surface area contributed by atoms with Crippen molar-refractivity contribution in [2.75, 3.05) is 11.5 Å². The summed E-state index contributed by atoms with van der Waals surface area (Å²) in [6.45, 7) is 0. The highest BCUT2D eigenvalue weighted by atomic mass is 32.2. The quantitative estimate of drug-likeness (QED) is 0.622. The molecule has 1 aromatic rings. The van der Waals surface area contributed by atoms with Gasteiger partial charge in [-0.2, -0.15) is 11.8 Å². The molecule has 3 nitrogen and oxygen atoms in total. The summed E-state index contributed by atoms with van der Waals surface area (Å²) in [5, 5.41) is 0. The van der Waals surface area contributed by atoms with E-state index in [9.17, 15) is 0 Å². The standard InChI is InChI=1S/C7H9N3S/c8-7-9-3-5-1-2-11-4-6(5)10-7/h3H,1-2,4H2,(H2,8,9,10). The molecule has 0 unspecified atom stereocenters. The SMILES string of the molecule is Nc1ncc2c(n1)CSCC2. The third kappa shape index (κ3) is 1.30. The van der Waals surface area contributed by atoms with Crippen LogP contribution in [0.5, 0.6) is 0 Å². The summed E-state index contributed by atoms with van der Waals surface area (Å²) in [6, 6.07) is 0. The molecule has 2 N–H and O–H groups in total. The second-order valence-corrected chi connectivity index (χ2v) is 3.61. The predicted octanol–water partition coefficient (Wildman–Crippen LogP) is 0.848. The molecule has 4 heteroatoms. The van der Waals surface area contributed by atoms with Gasteiger partial charge in [0.05, 0.1) is 5.69 Å². The number of nitrogens with two attached hydrogens (primary N) is 1. The van der Waals surface area contributed by atoms with E-state index in [0.29, 0.717) is 5.95 Å². The van der Waals surface area contributed by atoms with Gasteiger partial charge in [-0.3, -0.25) is 0 Å². The van der Waals surface area contributed by atoms with Crippen LogP contribution in [0.2, 0.25) is 0 Å². The Bertz CT molecular complexity index is 274. The van der Waals surface area contributed by atoms with Crippen molar-refractivity contribution in [2.24, 2.45) is 0 Å². The zero-order valence-corrected chi connectivity index (χ0v) is 6.90. The maximum atomic E-state index is 5.45. The molecule has 0 amide bonds. The number of aryl methyl sites for hydroxylation is 1. The lowest BCUT2D eigenvalue weighted by atomic mass is 10.2. The number of rotatable bonds is 0. The maximum absolute atomic E-state index is 5.45. The molecule has 0 fully saturated rings. The molecule has 2 heterocycles. The molecule has 0 aromatic carbocycles. The topological polar surface area (TPSA) is 51.8 Å². The Kier molecular flexibility index (Phi) is 1.69. The van der Waals surface area contributed by atoms with Crippen LogP contribution in [0.1, 0.15) is 11.3 Å². The zero-order valence-electron chi connectivity index (χ0n) is 6.08. The molecule has 0 saturated heterocycles. The lowest BCUT2D eigenvalue weighted by molar-refractivity contribution is 0.980. The number of nitrogens with zero attached hydrogens (tertiary/aromatic N) is 2. The van der Waals surface area contributed by atoms with Gasteiger partial charge in [-0.1, -0.05) is 0 Å². The van der Waals surface area contributed by atoms with E-state index < -0.39 is 0 Å². The fourth-order valence-corrected chi connectivity index (χ4v) is 2.09. The third-order valence-corrected chi connectivity index (χ3v) is 2.70. The average Bonchev–Trinajstić information content (AvgIpc) is 2.04. The summed E-state index contributed by atoms with van der Waals surface area (Å²) in [4.78, 5) is 8.11. The molecule has 2 rings (SSSR count). The van der Waals surface area contributed by atoms with Crippen LogP contribution in [0, 0.1) is 0 Å². The number of thioether (sulfide) groups is 1. The van der Waals surface area contributed by atoms with E-state index >= 15 is 0 Å². The van der Waals surface area contributed by atoms with Gasteiger partial charge >= 0.3 is 0 Å². The Labute approximate surface area is 69.4 Å². The van der Waals surface area contributed by atoms with Gasteiger partial charge in [0.15, 0.2) is 0 Å². The lowest BCUT2D eigenvalue weighted by Gasteiger charge is -2.12. The van der Waals surface area contributed by atoms with Crippen LogP contribution < -0.4 is 5.73 Å². The molecular formula is C7H9N3S. The minimum Gasteiger partial charge on any atom is -0.368 e. The number of aromatic nitrogens is 2. The van der Waals surface area contributed by atoms with E-state index in [4.69, 9.17) is 5.73 Å². The van der Waals surface area contributed by atoms with Gasteiger partial charge in [0, 0.05) is 11.9 Å². The molecule has 1 aliphatic rings. The zero-order chi connectivity index (χ0) is 7.68. The summed E-state index contributed by atoms with van der Waals surface area (Å²) in [5.74, 6) is 2.56. The highest BCUT2D eigenvalue weighted by Crippen LogP contribution is 2.22. The number of fused-ring (bicyclic) bond motifs is 1. The Balaban J connectivity index is 2.43. The minimum atomic E-state index is 0.395. The molecule has 0 aliphatic carbocycles. The van der Waals surface area contributed by atoms with E-state index in [2.05, 4.69) is 9.97 Å². The number of hydrogen-bond acceptors (Lipinski definition) is 4. The van der Waals surface area contributed by atoms with Gasteiger partial charge in [-0.15, -0.1) is 0 Å². The van der Waals surface area contributed by atoms with E-state index in [1.54, 1.807) is 0 Å². The largest absolute Gasteiger partial charge is 0.368 e. The molecule has 58 valence electrons. The number of hydrogen-bond donors (Lipinski definition) is 1. The Morgan fingerprint density at radius 1 is 1.55 bits per heavy atom. The van der Waals surface area contributed by atoms with Crippen LogP contribution >= 0.6 is 11.8 Å². The van der Waals surface area contributed by atoms with E-state index in [0.717, 1.165) is 17.9 Å². The van der Waals surface area contributed by atoms with Gasteiger partial charge in [-0.25, -0.2) is 9.97 Å². The monoisotopic (exact) mass is 167 g/mol. The van der Waals surface area contributed by atoms with Crippen molar-refractivity contribution in [1.82, 2.24) is 9.97 Å². The predicted molar refractivity (Wildman–Crippen MR) is 46.3 cm³/mol. The second kappa shape index (κ2) is 2.70. The van der Waals surface area contributed by atoms with E-state index in [-0.39, 0.29) is 0 Å². The highest BCUT2D eigenvalue weighted by Gasteiger charge is 2.10. The molecule has 0 saturated carbocycles. The van der Waals surface area contributed by atoms with Gasteiger partial charge in [0.2, 0.25) is 5.95 Å². The minimum absolute atomic E-state index is 0.395. The second-order valence-electron chi connectivity index (χ2n) is 2.50. The maximum Gasteiger partial charge on any atom is 0.220 e. The number of nitrogen functional groups attached to an aromatic ring is 1. The van der Waals surface area contributed by atoms with Crippen LogP contribution in [0.15, 0.2) is 6.20 Å². The van der Waals surface area contributed by atoms with Crippen molar-refractivity contribution < 1.29 is 0 Å². The molecule has 11 heavy (non-hydrogen) atoms. The first-order valence-corrected chi connectivity index (χ1v) is 4.70. The molecule has 1 aliphatic heterocycles. The first kappa shape index (κ1) is 6.91. The summed E-state index contributed by atoms with van der Waals surface area (Å²) in [5.41, 5.74) is 7.83. The molecule has 0 radical (unpaired) electrons. The van der Waals surface area contributed by atoms with Crippen molar-refractivity contribution in [2.45, 2.75) is 12.2 Å². The van der Waals surface area contributed by atoms with E-state index in [1.807, 2.05) is 18.0 Å². The van der Waals surface area contributed by atoms with Gasteiger partial charge in [-0.05, 0) is 17.7 Å². The molecule has 0 atom stereocenters. The fourth-order valence-electron chi connectivity index (χ4n) is 1.14. The van der Waals surface area contributed by atoms with Crippen molar-refractivity contribution in [1.29, 1.82) is 0 Å². The number of anilines is 1. The normalized spacial score (nSPS) is 16.0. The van der Waals surface area contributed by atoms with Crippen LogP contribution in [0.25, 0.3) is 0 Å². The van der Waals surface area contributed by atoms with Gasteiger partial charge < -0.3 is 5.73 Å². The third-order valence-electron chi connectivity index (χ3n) is 1.73. The van der Waals surface area contributed by atoms with Gasteiger partial charge in [0.1, 0.15) is 0 Å². The van der Waals surface area contributed by atoms with Crippen molar-refractivity contribution in [3.8, 4) is 0 Å². The van der Waals surface area contributed by atoms with Crippen molar-refractivity contribution in [3.05, 3.63) is 17.5 Å². The average molecular weight is 167 g/mol. The Hall–Kier alpha value is -0.770. The van der Waals surface area contributed by atoms with Crippen LogP contribution in [-0.2, 0) is 12.2 Å². The van der Waals surface area contributed by atoms with Gasteiger partial charge in [0.25, 0.3) is 0 Å². The Morgan fingerprint density at radius 3 is 3.36 bits per heavy atom. The first-order valence-electron chi connectivity index (χ1n) is 3.54. The first-order chi connectivity index (χ1) is 5.36. The summed E-state index contributed by atoms with van der Waals surface area (Å²) in [6.07, 6.45) is 2.93. The van der Waals surface area contributed by atoms with Crippen LogP contribution in [0.3, 0.4) is 0 Å². The summed E-state index contributed by atoms with van der Waals surface area (Å²) < 4.78 is 0. The molecule has 0 bridgehead atoms. The van der Waals surface area contributed by atoms with Crippen LogP contribution in [-0.4, -0.2) is 15.7 Å². The van der Waals surface area contributed by atoms with Crippen LogP contribution in [0.4, 0.5) is 5.95 Å². The molecular weight excluding hydrogens is 158 g/mol. The highest BCUT2D eigenvalue weighted by molar-refractivity contribution is 7.98. The molecule has 1 aromatic heterocycles. The summed E-state index contributed by atoms with van der Waals surface area (Å²) >= 11 is 1.90. The smallest absolute Gasteiger partial charge is 0.220 e. The lowest BCUT2D eigenvalue weighted by Crippen LogP contribution is -2.07. The van der Waals surface area contributed by atoms with Crippen molar-refractivity contribution in [3.63, 3.8) is 0 Å². The summed E-state index contributed by atoms with van der Waals surface area (Å²) in [7, 11) is 0. The fraction of sp³-hybridized carbons (Fsp3) is 0.429.